The molecule has 0 spiro atoms. The third-order valence-electron chi connectivity index (χ3n) is 26.4. The maximum atomic E-state index is 2.95. The zero-order valence-corrected chi connectivity index (χ0v) is 60.0. The lowest BCUT2D eigenvalue weighted by Gasteiger charge is -2.51. The van der Waals surface area contributed by atoms with Crippen LogP contribution in [0.25, 0.3) is 11.1 Å². The van der Waals surface area contributed by atoms with Gasteiger partial charge in [0.05, 0.1) is 11.2 Å². The van der Waals surface area contributed by atoms with Gasteiger partial charge >= 0.3 is 0 Å². The Morgan fingerprint density at radius 2 is 0.923 bits per heavy atom. The van der Waals surface area contributed by atoms with Crippen molar-refractivity contribution in [2.75, 3.05) is 14.7 Å². The Bertz CT molecular complexity index is 4180. The second kappa shape index (κ2) is 19.6. The molecule has 0 saturated heterocycles. The fourth-order valence-electron chi connectivity index (χ4n) is 21.3. The Morgan fingerprint density at radius 1 is 0.429 bits per heavy atom. The predicted molar refractivity (Wildman–Crippen MR) is 393 cm³/mol. The van der Waals surface area contributed by atoms with Crippen LogP contribution in [0.4, 0.5) is 45.5 Å². The fraction of sp³-hybridized carbons (Fsp3) is 0.517. The number of nitrogens with zero attached hydrogens (tertiary/aromatic N) is 3. The van der Waals surface area contributed by atoms with Gasteiger partial charge in [-0.25, -0.2) is 0 Å². The van der Waals surface area contributed by atoms with Crippen LogP contribution >= 0.6 is 0 Å². The first-order valence-corrected chi connectivity index (χ1v) is 35.9. The quantitative estimate of drug-likeness (QED) is 0.159. The van der Waals surface area contributed by atoms with E-state index >= 15 is 0 Å². The lowest BCUT2D eigenvalue weighted by Crippen LogP contribution is -2.62. The summed E-state index contributed by atoms with van der Waals surface area (Å²) >= 11 is 0. The molecule has 0 N–H and O–H groups in total. The summed E-state index contributed by atoms with van der Waals surface area (Å²) in [4.78, 5) is 8.64. The van der Waals surface area contributed by atoms with E-state index in [4.69, 9.17) is 0 Å². The first-order valence-electron chi connectivity index (χ1n) is 35.9. The molecule has 3 aliphatic heterocycles. The van der Waals surface area contributed by atoms with Crippen LogP contribution in [-0.4, -0.2) is 12.3 Å². The minimum atomic E-state index is -0.168. The van der Waals surface area contributed by atoms with Gasteiger partial charge in [0.15, 0.2) is 0 Å². The maximum absolute atomic E-state index is 2.95. The van der Waals surface area contributed by atoms with E-state index < -0.39 is 0 Å². The van der Waals surface area contributed by atoms with Crippen molar-refractivity contribution in [2.45, 2.75) is 277 Å². The van der Waals surface area contributed by atoms with Crippen LogP contribution in [0, 0.1) is 18.3 Å². The molecular weight excluding hydrogens is 1100 g/mol. The smallest absolute Gasteiger partial charge is 0.252 e. The molecule has 7 aromatic carbocycles. The lowest BCUT2D eigenvalue weighted by atomic mass is 9.33. The maximum Gasteiger partial charge on any atom is 0.252 e. The van der Waals surface area contributed by atoms with Gasteiger partial charge in [-0.15, -0.1) is 0 Å². The fourth-order valence-corrected chi connectivity index (χ4v) is 21.3. The molecule has 2 atom stereocenters. The highest BCUT2D eigenvalue weighted by Crippen LogP contribution is 2.64. The first kappa shape index (κ1) is 61.2. The molecule has 2 unspecified atom stereocenters. The van der Waals surface area contributed by atoms with Gasteiger partial charge in [0.25, 0.3) is 6.71 Å². The van der Waals surface area contributed by atoms with Gasteiger partial charge in [-0.05, 0) is 259 Å². The van der Waals surface area contributed by atoms with E-state index in [1.807, 2.05) is 0 Å². The summed E-state index contributed by atoms with van der Waals surface area (Å²) in [5, 5.41) is 0. The molecule has 7 aromatic rings. The van der Waals surface area contributed by atoms with E-state index in [-0.39, 0.29) is 55.6 Å². The largest absolute Gasteiger partial charge is 0.334 e. The van der Waals surface area contributed by atoms with Crippen molar-refractivity contribution >= 4 is 68.6 Å². The molecule has 474 valence electrons. The van der Waals surface area contributed by atoms with Crippen molar-refractivity contribution in [2.24, 2.45) is 11.3 Å². The Morgan fingerprint density at radius 3 is 1.47 bits per heavy atom. The molecule has 8 aliphatic rings. The van der Waals surface area contributed by atoms with E-state index in [1.54, 1.807) is 11.1 Å². The molecule has 0 radical (unpaired) electrons. The van der Waals surface area contributed by atoms with E-state index in [0.717, 1.165) is 25.2 Å². The molecule has 2 fully saturated rings. The normalized spacial score (nSPS) is 25.6. The summed E-state index contributed by atoms with van der Waals surface area (Å²) in [5.74, 6) is 1.40. The topological polar surface area (TPSA) is 9.72 Å². The Balaban J connectivity index is 1.09. The average Bonchev–Trinajstić information content (AvgIpc) is 1.68. The van der Waals surface area contributed by atoms with Gasteiger partial charge in [0, 0.05) is 50.8 Å². The number of hydrogen-bond acceptors (Lipinski definition) is 3. The van der Waals surface area contributed by atoms with Crippen LogP contribution in [0.5, 0.6) is 0 Å². The van der Waals surface area contributed by atoms with E-state index in [2.05, 4.69) is 275 Å². The van der Waals surface area contributed by atoms with E-state index in [9.17, 15) is 0 Å². The average molecular weight is 1210 g/mol. The van der Waals surface area contributed by atoms with Crippen LogP contribution in [0.2, 0.25) is 0 Å². The van der Waals surface area contributed by atoms with Crippen LogP contribution in [0.1, 0.15) is 277 Å². The summed E-state index contributed by atoms with van der Waals surface area (Å²) in [7, 11) is 0. The number of anilines is 8. The van der Waals surface area contributed by atoms with Crippen LogP contribution in [0.3, 0.4) is 0 Å². The van der Waals surface area contributed by atoms with Crippen LogP contribution in [0.15, 0.2) is 115 Å². The summed E-state index contributed by atoms with van der Waals surface area (Å²) in [6, 6.07) is 48.8. The van der Waals surface area contributed by atoms with Crippen molar-refractivity contribution in [3.8, 4) is 11.1 Å². The van der Waals surface area contributed by atoms with Gasteiger partial charge in [-0.2, -0.15) is 0 Å². The first-order chi connectivity index (χ1) is 42.5. The highest BCUT2D eigenvalue weighted by Gasteiger charge is 2.59. The number of aryl methyl sites for hydroxylation is 1. The van der Waals surface area contributed by atoms with Gasteiger partial charge in [-0.3, -0.25) is 0 Å². The summed E-state index contributed by atoms with van der Waals surface area (Å²) < 4.78 is 0. The van der Waals surface area contributed by atoms with Crippen molar-refractivity contribution in [3.63, 3.8) is 0 Å². The number of benzene rings is 7. The van der Waals surface area contributed by atoms with Gasteiger partial charge < -0.3 is 14.7 Å². The predicted octanol–water partition coefficient (Wildman–Crippen LogP) is 22.4. The third-order valence-corrected chi connectivity index (χ3v) is 26.4. The summed E-state index contributed by atoms with van der Waals surface area (Å²) in [6.07, 6.45) is 14.6. The molecule has 5 aliphatic carbocycles. The molecular formula is C87H108BN3. The van der Waals surface area contributed by atoms with Gasteiger partial charge in [0.2, 0.25) is 0 Å². The second-order valence-electron chi connectivity index (χ2n) is 37.4. The third kappa shape index (κ3) is 8.97. The highest BCUT2D eigenvalue weighted by molar-refractivity contribution is 7.00. The molecule has 91 heavy (non-hydrogen) atoms. The lowest BCUT2D eigenvalue weighted by molar-refractivity contribution is 0.169. The monoisotopic (exact) mass is 1210 g/mol. The zero-order chi connectivity index (χ0) is 64.7. The highest BCUT2D eigenvalue weighted by atomic mass is 15.3. The Labute approximate surface area is 550 Å². The van der Waals surface area contributed by atoms with E-state index in [1.165, 1.54) is 175 Å². The minimum Gasteiger partial charge on any atom is -0.334 e. The molecule has 0 amide bonds. The van der Waals surface area contributed by atoms with Crippen molar-refractivity contribution in [1.82, 2.24) is 0 Å². The molecule has 3 heterocycles. The molecule has 4 heteroatoms. The van der Waals surface area contributed by atoms with Gasteiger partial charge in [-0.1, -0.05) is 211 Å². The van der Waals surface area contributed by atoms with Crippen molar-refractivity contribution in [3.05, 3.63) is 171 Å². The summed E-state index contributed by atoms with van der Waals surface area (Å²) in [5.41, 5.74) is 32.7. The Kier molecular flexibility index (Phi) is 13.2. The molecule has 0 aromatic heterocycles. The van der Waals surface area contributed by atoms with E-state index in [0.29, 0.717) is 11.3 Å². The van der Waals surface area contributed by atoms with Crippen LogP contribution < -0.4 is 31.1 Å². The number of rotatable bonds is 5. The van der Waals surface area contributed by atoms with Crippen molar-refractivity contribution in [1.29, 1.82) is 0 Å². The zero-order valence-electron chi connectivity index (χ0n) is 60.0. The Hall–Kier alpha value is -6.00. The molecule has 0 bridgehead atoms. The standard InChI is InChI=1S/C87H108BN3/c1-53-41-61-64(81(10,11)40-39-80(61,8)9)48-72(53)90-74-50-66-63(83(14,15)52-85(66,18)19)47-69(74)88-68-46-62-65(84(16,17)51-82(62,12)13)49-73(68)89(70-36-34-58(79(5,6)7)43-60(70)55-27-23-22-24-28-55)75-44-59(45-76(90)77(75)88)91-71-35-31-56(54-29-32-57(33-30-54)78(2,3)4)42-67(71)86(20)37-25-26-38-87(86,91)21/h22-24,27-28,31,34-36,41-50,54,57H,25-26,29-30,32-33,37-40,51-52H2,1-21H3. The second-order valence-corrected chi connectivity index (χ2v) is 37.4. The SMILES string of the molecule is Cc1cc2c(cc1N1c3cc4c(cc3B3c5cc6c(cc5N(c5ccc(C(C)(C)C)cc5-c5ccccc5)c5cc(N7c8ccc(C9CCC(C(C)(C)C)CC9)cc8C8(C)CCCCC78C)cc1c53)C(C)(C)CC6(C)C)C(C)(C)CC4(C)C)C(C)(C)CCC2(C)C. The van der Waals surface area contributed by atoms with Gasteiger partial charge in [0.1, 0.15) is 0 Å². The summed E-state index contributed by atoms with van der Waals surface area (Å²) in [6.45, 7) is 52.7. The molecule has 15 rings (SSSR count). The molecule has 3 nitrogen and oxygen atoms in total. The number of fused-ring (bicyclic) bond motifs is 10. The van der Waals surface area contributed by atoms with Crippen molar-refractivity contribution < 1.29 is 0 Å². The number of hydrogen-bond donors (Lipinski definition) is 0. The van der Waals surface area contributed by atoms with Crippen LogP contribution in [-0.2, 0) is 43.3 Å². The minimum absolute atomic E-state index is 0.000450. The molecule has 2 saturated carbocycles.